The molecule has 0 aromatic heterocycles. The van der Waals surface area contributed by atoms with E-state index >= 15 is 0 Å². The minimum atomic E-state index is 0.268. The number of hydrogen-bond acceptors (Lipinski definition) is 4. The van der Waals surface area contributed by atoms with Crippen molar-refractivity contribution in [2.45, 2.75) is 26.3 Å². The first kappa shape index (κ1) is 14.9. The smallest absolute Gasteiger partial charge is 0.142 e. The van der Waals surface area contributed by atoms with E-state index in [4.69, 9.17) is 4.74 Å². The highest BCUT2D eigenvalue weighted by Crippen LogP contribution is 2.28. The Labute approximate surface area is 121 Å². The lowest BCUT2D eigenvalue weighted by molar-refractivity contribution is -0.118. The quantitative estimate of drug-likeness (QED) is 0.825. The standard InChI is InChI=1S/C16H24N2O2/c1-13(12-14(2)19)17-8-10-18(11-9-17)15-6-4-5-7-16(15)20-3/h4-7,13H,8-12H2,1-3H3. The van der Waals surface area contributed by atoms with Gasteiger partial charge in [-0.1, -0.05) is 12.1 Å². The van der Waals surface area contributed by atoms with E-state index in [9.17, 15) is 4.79 Å². The van der Waals surface area contributed by atoms with Crippen molar-refractivity contribution in [2.24, 2.45) is 0 Å². The van der Waals surface area contributed by atoms with E-state index in [0.717, 1.165) is 37.6 Å². The average molecular weight is 276 g/mol. The van der Waals surface area contributed by atoms with Gasteiger partial charge in [-0.2, -0.15) is 0 Å². The Balaban J connectivity index is 1.95. The summed E-state index contributed by atoms with van der Waals surface area (Å²) in [5, 5.41) is 0. The molecule has 2 rings (SSSR count). The Morgan fingerprint density at radius 3 is 2.50 bits per heavy atom. The zero-order valence-corrected chi connectivity index (χ0v) is 12.6. The average Bonchev–Trinajstić information content (AvgIpc) is 2.46. The molecule has 0 bridgehead atoms. The summed E-state index contributed by atoms with van der Waals surface area (Å²) in [4.78, 5) is 16.0. The van der Waals surface area contributed by atoms with E-state index in [1.807, 2.05) is 18.2 Å². The predicted octanol–water partition coefficient (Wildman–Crippen LogP) is 2.18. The van der Waals surface area contributed by atoms with Crippen LogP contribution in [0.4, 0.5) is 5.69 Å². The van der Waals surface area contributed by atoms with Gasteiger partial charge in [0.25, 0.3) is 0 Å². The predicted molar refractivity (Wildman–Crippen MR) is 81.5 cm³/mol. The van der Waals surface area contributed by atoms with Gasteiger partial charge in [0, 0.05) is 38.6 Å². The molecule has 1 atom stereocenters. The highest BCUT2D eigenvalue weighted by molar-refractivity contribution is 5.76. The Bertz CT molecular complexity index is 454. The molecule has 0 amide bonds. The number of carbonyl (C=O) groups is 1. The van der Waals surface area contributed by atoms with E-state index in [1.165, 1.54) is 0 Å². The zero-order valence-electron chi connectivity index (χ0n) is 12.6. The van der Waals surface area contributed by atoms with Crippen LogP contribution in [0, 0.1) is 0 Å². The number of rotatable bonds is 5. The number of methoxy groups -OCH3 is 1. The van der Waals surface area contributed by atoms with E-state index in [1.54, 1.807) is 14.0 Å². The van der Waals surface area contributed by atoms with Gasteiger partial charge in [0.05, 0.1) is 12.8 Å². The summed E-state index contributed by atoms with van der Waals surface area (Å²) in [5.74, 6) is 1.20. The van der Waals surface area contributed by atoms with Crippen molar-refractivity contribution in [1.82, 2.24) is 4.90 Å². The number of anilines is 1. The van der Waals surface area contributed by atoms with Crippen LogP contribution in [0.3, 0.4) is 0 Å². The third-order valence-corrected chi connectivity index (χ3v) is 3.95. The van der Waals surface area contributed by atoms with Crippen molar-refractivity contribution < 1.29 is 9.53 Å². The maximum absolute atomic E-state index is 11.2. The molecule has 4 nitrogen and oxygen atoms in total. The van der Waals surface area contributed by atoms with Gasteiger partial charge in [0.15, 0.2) is 0 Å². The number of piperazine rings is 1. The van der Waals surface area contributed by atoms with Gasteiger partial charge < -0.3 is 9.64 Å². The highest BCUT2D eigenvalue weighted by atomic mass is 16.5. The van der Waals surface area contributed by atoms with Gasteiger partial charge in [-0.05, 0) is 26.0 Å². The molecule has 1 heterocycles. The first-order valence-electron chi connectivity index (χ1n) is 7.23. The summed E-state index contributed by atoms with van der Waals surface area (Å²) in [6.45, 7) is 7.74. The van der Waals surface area contributed by atoms with E-state index in [0.29, 0.717) is 12.5 Å². The van der Waals surface area contributed by atoms with Crippen molar-refractivity contribution in [1.29, 1.82) is 0 Å². The lowest BCUT2D eigenvalue weighted by Crippen LogP contribution is -2.50. The fourth-order valence-corrected chi connectivity index (χ4v) is 2.84. The summed E-state index contributed by atoms with van der Waals surface area (Å²) in [5.41, 5.74) is 1.16. The first-order chi connectivity index (χ1) is 9.61. The third-order valence-electron chi connectivity index (χ3n) is 3.95. The lowest BCUT2D eigenvalue weighted by atomic mass is 10.1. The topological polar surface area (TPSA) is 32.8 Å². The number of Topliss-reactive ketones (excluding diaryl/α,β-unsaturated/α-hetero) is 1. The Hall–Kier alpha value is -1.55. The molecule has 110 valence electrons. The summed E-state index contributed by atoms with van der Waals surface area (Å²) >= 11 is 0. The van der Waals surface area contributed by atoms with Crippen LogP contribution in [-0.2, 0) is 4.79 Å². The summed E-state index contributed by atoms with van der Waals surface area (Å²) in [6.07, 6.45) is 0.647. The number of carbonyl (C=O) groups excluding carboxylic acids is 1. The van der Waals surface area contributed by atoms with E-state index < -0.39 is 0 Å². The Morgan fingerprint density at radius 2 is 1.90 bits per heavy atom. The summed E-state index contributed by atoms with van der Waals surface area (Å²) < 4.78 is 5.43. The largest absolute Gasteiger partial charge is 0.495 e. The third kappa shape index (κ3) is 3.51. The van der Waals surface area contributed by atoms with Gasteiger partial charge in [0.2, 0.25) is 0 Å². The number of ether oxygens (including phenoxy) is 1. The lowest BCUT2D eigenvalue weighted by Gasteiger charge is -2.39. The van der Waals surface area contributed by atoms with Gasteiger partial charge in [0.1, 0.15) is 11.5 Å². The fourth-order valence-electron chi connectivity index (χ4n) is 2.84. The second-order valence-electron chi connectivity index (χ2n) is 5.45. The van der Waals surface area contributed by atoms with Crippen LogP contribution in [0.1, 0.15) is 20.3 Å². The number of para-hydroxylation sites is 2. The van der Waals surface area contributed by atoms with Gasteiger partial charge in [-0.15, -0.1) is 0 Å². The normalized spacial score (nSPS) is 17.9. The minimum absolute atomic E-state index is 0.268. The monoisotopic (exact) mass is 276 g/mol. The van der Waals surface area contributed by atoms with Crippen molar-refractivity contribution in [3.63, 3.8) is 0 Å². The number of hydrogen-bond donors (Lipinski definition) is 0. The molecule has 1 fully saturated rings. The maximum Gasteiger partial charge on any atom is 0.142 e. The molecule has 1 unspecified atom stereocenters. The Kier molecular flexibility index (Phi) is 5.01. The zero-order chi connectivity index (χ0) is 14.5. The molecular formula is C16H24N2O2. The van der Waals surface area contributed by atoms with Crippen LogP contribution in [0.25, 0.3) is 0 Å². The van der Waals surface area contributed by atoms with Crippen LogP contribution in [-0.4, -0.2) is 50.0 Å². The van der Waals surface area contributed by atoms with Crippen molar-refractivity contribution in [3.05, 3.63) is 24.3 Å². The second kappa shape index (κ2) is 6.75. The van der Waals surface area contributed by atoms with Crippen LogP contribution >= 0.6 is 0 Å². The minimum Gasteiger partial charge on any atom is -0.495 e. The Morgan fingerprint density at radius 1 is 1.25 bits per heavy atom. The first-order valence-corrected chi connectivity index (χ1v) is 7.23. The van der Waals surface area contributed by atoms with Crippen LogP contribution < -0.4 is 9.64 Å². The molecule has 1 aliphatic rings. The van der Waals surface area contributed by atoms with Crippen LogP contribution in [0.15, 0.2) is 24.3 Å². The molecule has 1 aromatic rings. The SMILES string of the molecule is COc1ccccc1N1CCN(C(C)CC(C)=O)CC1. The second-order valence-corrected chi connectivity index (χ2v) is 5.45. The molecule has 0 saturated carbocycles. The number of benzene rings is 1. The molecule has 0 N–H and O–H groups in total. The molecule has 20 heavy (non-hydrogen) atoms. The molecule has 1 aliphatic heterocycles. The molecule has 1 aromatic carbocycles. The van der Waals surface area contributed by atoms with Crippen LogP contribution in [0.5, 0.6) is 5.75 Å². The van der Waals surface area contributed by atoms with Crippen LogP contribution in [0.2, 0.25) is 0 Å². The molecule has 0 aliphatic carbocycles. The summed E-state index contributed by atoms with van der Waals surface area (Å²) in [7, 11) is 1.71. The maximum atomic E-state index is 11.2. The number of ketones is 1. The molecular weight excluding hydrogens is 252 g/mol. The number of nitrogens with zero attached hydrogens (tertiary/aromatic N) is 2. The summed E-state index contributed by atoms with van der Waals surface area (Å²) in [6, 6.07) is 8.48. The van der Waals surface area contributed by atoms with Crippen molar-refractivity contribution in [2.75, 3.05) is 38.2 Å². The van der Waals surface area contributed by atoms with Gasteiger partial charge >= 0.3 is 0 Å². The van der Waals surface area contributed by atoms with E-state index in [2.05, 4.69) is 22.8 Å². The molecule has 1 saturated heterocycles. The molecule has 0 radical (unpaired) electrons. The molecule has 0 spiro atoms. The highest BCUT2D eigenvalue weighted by Gasteiger charge is 2.23. The van der Waals surface area contributed by atoms with E-state index in [-0.39, 0.29) is 5.78 Å². The van der Waals surface area contributed by atoms with Crippen molar-refractivity contribution in [3.8, 4) is 5.75 Å². The fraction of sp³-hybridized carbons (Fsp3) is 0.562. The van der Waals surface area contributed by atoms with Gasteiger partial charge in [-0.3, -0.25) is 9.69 Å². The van der Waals surface area contributed by atoms with Crippen molar-refractivity contribution >= 4 is 11.5 Å². The van der Waals surface area contributed by atoms with Gasteiger partial charge in [-0.25, -0.2) is 0 Å². The molecule has 4 heteroatoms.